The second kappa shape index (κ2) is 8.37. The highest BCUT2D eigenvalue weighted by Gasteiger charge is 2.36. The van der Waals surface area contributed by atoms with Gasteiger partial charge in [-0.25, -0.2) is 0 Å². The van der Waals surface area contributed by atoms with Crippen LogP contribution in [0.5, 0.6) is 5.75 Å². The average molecular weight is 362 g/mol. The third-order valence-corrected chi connectivity index (χ3v) is 5.27. The van der Waals surface area contributed by atoms with E-state index >= 15 is 0 Å². The van der Waals surface area contributed by atoms with E-state index < -0.39 is 5.60 Å². The topological polar surface area (TPSA) is 62.2 Å². The van der Waals surface area contributed by atoms with E-state index in [1.54, 1.807) is 4.90 Å². The molecule has 2 aliphatic heterocycles. The van der Waals surface area contributed by atoms with Crippen molar-refractivity contribution in [3.05, 3.63) is 29.3 Å². The number of aryl methyl sites for hydroxylation is 2. The quantitative estimate of drug-likeness (QED) is 0.857. The van der Waals surface area contributed by atoms with Crippen molar-refractivity contribution in [3.8, 4) is 5.75 Å². The molecule has 0 unspecified atom stereocenters. The number of nitrogens with zero attached hydrogens (tertiary/aromatic N) is 2. The summed E-state index contributed by atoms with van der Waals surface area (Å²) >= 11 is 0. The number of ether oxygens (including phenoxy) is 2. The molecule has 0 saturated carbocycles. The first-order chi connectivity index (χ1) is 12.5. The van der Waals surface area contributed by atoms with Crippen molar-refractivity contribution in [2.45, 2.75) is 32.3 Å². The molecule has 1 aromatic rings. The van der Waals surface area contributed by atoms with Crippen LogP contribution in [0.3, 0.4) is 0 Å². The predicted molar refractivity (Wildman–Crippen MR) is 99.4 cm³/mol. The summed E-state index contributed by atoms with van der Waals surface area (Å²) in [6, 6.07) is 5.81. The van der Waals surface area contributed by atoms with Crippen LogP contribution >= 0.6 is 0 Å². The van der Waals surface area contributed by atoms with E-state index in [2.05, 4.69) is 4.90 Å². The highest BCUT2D eigenvalue weighted by molar-refractivity contribution is 5.78. The standard InChI is InChI=1S/C20H30N2O4/c1-16-5-6-18(11-17(16)2)26-12-19(23)22-9-10-25-15-20(24,14-22)13-21-7-3-4-8-21/h5-6,11,24H,3-4,7-10,12-15H2,1-2H3/t20-/m1/s1. The van der Waals surface area contributed by atoms with Gasteiger partial charge in [0.05, 0.1) is 19.8 Å². The Bertz CT molecular complexity index is 630. The van der Waals surface area contributed by atoms with Gasteiger partial charge in [0.2, 0.25) is 0 Å². The van der Waals surface area contributed by atoms with Gasteiger partial charge >= 0.3 is 0 Å². The first-order valence-electron chi connectivity index (χ1n) is 9.45. The maximum Gasteiger partial charge on any atom is 0.260 e. The van der Waals surface area contributed by atoms with Crippen molar-refractivity contribution in [2.24, 2.45) is 0 Å². The van der Waals surface area contributed by atoms with Crippen LogP contribution in [0, 0.1) is 13.8 Å². The lowest BCUT2D eigenvalue weighted by Gasteiger charge is -2.34. The van der Waals surface area contributed by atoms with Gasteiger partial charge in [0.25, 0.3) is 5.91 Å². The number of aliphatic hydroxyl groups is 1. The van der Waals surface area contributed by atoms with Crippen LogP contribution in [0.15, 0.2) is 18.2 Å². The van der Waals surface area contributed by atoms with Gasteiger partial charge in [-0.15, -0.1) is 0 Å². The first-order valence-corrected chi connectivity index (χ1v) is 9.45. The van der Waals surface area contributed by atoms with Crippen LogP contribution in [0.2, 0.25) is 0 Å². The Morgan fingerprint density at radius 1 is 1.23 bits per heavy atom. The highest BCUT2D eigenvalue weighted by Crippen LogP contribution is 2.19. The molecule has 2 aliphatic rings. The van der Waals surface area contributed by atoms with Crippen molar-refractivity contribution in [3.63, 3.8) is 0 Å². The molecule has 0 radical (unpaired) electrons. The minimum Gasteiger partial charge on any atom is -0.484 e. The van der Waals surface area contributed by atoms with Gasteiger partial charge in [-0.1, -0.05) is 6.07 Å². The van der Waals surface area contributed by atoms with Gasteiger partial charge in [-0.2, -0.15) is 0 Å². The van der Waals surface area contributed by atoms with E-state index in [1.807, 2.05) is 32.0 Å². The molecule has 1 N–H and O–H groups in total. The van der Waals surface area contributed by atoms with E-state index in [9.17, 15) is 9.90 Å². The summed E-state index contributed by atoms with van der Waals surface area (Å²) in [4.78, 5) is 16.5. The van der Waals surface area contributed by atoms with Crippen LogP contribution < -0.4 is 4.74 Å². The Morgan fingerprint density at radius 3 is 2.73 bits per heavy atom. The Kier molecular flexibility index (Phi) is 6.16. The fraction of sp³-hybridized carbons (Fsp3) is 0.650. The third-order valence-electron chi connectivity index (χ3n) is 5.27. The number of hydrogen-bond acceptors (Lipinski definition) is 5. The summed E-state index contributed by atoms with van der Waals surface area (Å²) in [6.45, 7) is 8.09. The lowest BCUT2D eigenvalue weighted by Crippen LogP contribution is -2.53. The summed E-state index contributed by atoms with van der Waals surface area (Å²) in [5, 5.41) is 11.0. The maximum atomic E-state index is 12.6. The van der Waals surface area contributed by atoms with Gasteiger partial charge in [-0.3, -0.25) is 4.79 Å². The molecule has 6 heteroatoms. The minimum absolute atomic E-state index is 0.0255. The zero-order chi connectivity index (χ0) is 18.6. The number of hydrogen-bond donors (Lipinski definition) is 1. The van der Waals surface area contributed by atoms with Crippen molar-refractivity contribution >= 4 is 5.91 Å². The highest BCUT2D eigenvalue weighted by atomic mass is 16.5. The van der Waals surface area contributed by atoms with Gasteiger partial charge in [-0.05, 0) is 63.0 Å². The summed E-state index contributed by atoms with van der Waals surface area (Å²) < 4.78 is 11.3. The van der Waals surface area contributed by atoms with E-state index in [4.69, 9.17) is 9.47 Å². The van der Waals surface area contributed by atoms with Crippen LogP contribution in [0.4, 0.5) is 0 Å². The molecule has 0 bridgehead atoms. The number of carbonyl (C=O) groups is 1. The Hall–Kier alpha value is -1.63. The van der Waals surface area contributed by atoms with E-state index in [1.165, 1.54) is 18.4 Å². The van der Waals surface area contributed by atoms with Crippen molar-refractivity contribution in [1.29, 1.82) is 0 Å². The SMILES string of the molecule is Cc1ccc(OCC(=O)N2CCOC[C@@](O)(CN3CCCC3)C2)cc1C. The molecular formula is C20H30N2O4. The van der Waals surface area contributed by atoms with Crippen LogP contribution in [0.25, 0.3) is 0 Å². The van der Waals surface area contributed by atoms with Gasteiger partial charge in [0.1, 0.15) is 11.4 Å². The average Bonchev–Trinajstić information content (AvgIpc) is 3.03. The maximum absolute atomic E-state index is 12.6. The van der Waals surface area contributed by atoms with Crippen molar-refractivity contribution in [2.75, 3.05) is 52.5 Å². The lowest BCUT2D eigenvalue weighted by atomic mass is 10.0. The fourth-order valence-electron chi connectivity index (χ4n) is 3.62. The third kappa shape index (κ3) is 4.96. The van der Waals surface area contributed by atoms with Gasteiger partial charge in [0, 0.05) is 13.1 Å². The summed E-state index contributed by atoms with van der Waals surface area (Å²) in [7, 11) is 0. The van der Waals surface area contributed by atoms with E-state index in [-0.39, 0.29) is 19.1 Å². The second-order valence-electron chi connectivity index (χ2n) is 7.61. The number of amides is 1. The molecule has 0 spiro atoms. The largest absolute Gasteiger partial charge is 0.484 e. The molecule has 1 amide bonds. The molecule has 6 nitrogen and oxygen atoms in total. The zero-order valence-electron chi connectivity index (χ0n) is 15.9. The van der Waals surface area contributed by atoms with Gasteiger partial charge < -0.3 is 24.4 Å². The monoisotopic (exact) mass is 362 g/mol. The molecule has 2 fully saturated rings. The predicted octanol–water partition coefficient (Wildman–Crippen LogP) is 1.37. The Labute approximate surface area is 155 Å². The number of β-amino-alcohol motifs (C(OH)–C–C–N with tert-alkyl or cyclic N) is 1. The summed E-state index contributed by atoms with van der Waals surface area (Å²) in [5.74, 6) is 0.577. The normalized spacial score (nSPS) is 24.5. The van der Waals surface area contributed by atoms with Crippen LogP contribution in [0.1, 0.15) is 24.0 Å². The number of likely N-dealkylation sites (tertiary alicyclic amines) is 1. The van der Waals surface area contributed by atoms with E-state index in [0.717, 1.165) is 18.7 Å². The molecule has 2 saturated heterocycles. The smallest absolute Gasteiger partial charge is 0.260 e. The molecule has 1 atom stereocenters. The zero-order valence-corrected chi connectivity index (χ0v) is 15.9. The number of rotatable bonds is 5. The van der Waals surface area contributed by atoms with Crippen molar-refractivity contribution in [1.82, 2.24) is 9.80 Å². The van der Waals surface area contributed by atoms with Crippen LogP contribution in [-0.2, 0) is 9.53 Å². The lowest BCUT2D eigenvalue weighted by molar-refractivity contribution is -0.136. The molecule has 144 valence electrons. The first kappa shape index (κ1) is 19.1. The van der Waals surface area contributed by atoms with Crippen molar-refractivity contribution < 1.29 is 19.4 Å². The number of carbonyl (C=O) groups excluding carboxylic acids is 1. The molecule has 2 heterocycles. The second-order valence-corrected chi connectivity index (χ2v) is 7.61. The summed E-state index contributed by atoms with van der Waals surface area (Å²) in [6.07, 6.45) is 2.34. The molecule has 3 rings (SSSR count). The number of benzene rings is 1. The van der Waals surface area contributed by atoms with Crippen LogP contribution in [-0.4, -0.2) is 79.0 Å². The molecule has 0 aromatic heterocycles. The summed E-state index contributed by atoms with van der Waals surface area (Å²) in [5.41, 5.74) is 1.31. The fourth-order valence-corrected chi connectivity index (χ4v) is 3.62. The van der Waals surface area contributed by atoms with E-state index in [0.29, 0.717) is 32.0 Å². The molecule has 1 aromatic carbocycles. The Morgan fingerprint density at radius 2 is 2.00 bits per heavy atom. The molecule has 26 heavy (non-hydrogen) atoms. The van der Waals surface area contributed by atoms with Gasteiger partial charge in [0.15, 0.2) is 6.61 Å². The molecular weight excluding hydrogens is 332 g/mol. The Balaban J connectivity index is 1.57. The minimum atomic E-state index is -1.02. The molecule has 0 aliphatic carbocycles.